The van der Waals surface area contributed by atoms with E-state index in [-0.39, 0.29) is 30.2 Å². The molecule has 2 aromatic carbocycles. The summed E-state index contributed by atoms with van der Waals surface area (Å²) in [6.45, 7) is 8.61. The van der Waals surface area contributed by atoms with Crippen LogP contribution in [0.1, 0.15) is 53.7 Å². The van der Waals surface area contributed by atoms with E-state index >= 15 is 0 Å². The van der Waals surface area contributed by atoms with E-state index in [0.717, 1.165) is 5.56 Å². The Morgan fingerprint density at radius 3 is 2.38 bits per heavy atom. The van der Waals surface area contributed by atoms with Gasteiger partial charge in [0.15, 0.2) is 5.69 Å². The second-order valence-electron chi connectivity index (χ2n) is 11.6. The van der Waals surface area contributed by atoms with Gasteiger partial charge in [0.1, 0.15) is 29.5 Å². The maximum Gasteiger partial charge on any atom is 0.274 e. The smallest absolute Gasteiger partial charge is 0.274 e. The number of allylic oxidation sites excluding steroid dienone is 1. The molecule has 0 aliphatic rings. The molecule has 1 heterocycles. The van der Waals surface area contributed by atoms with Crippen molar-refractivity contribution < 1.29 is 28.8 Å². The van der Waals surface area contributed by atoms with Gasteiger partial charge in [-0.2, -0.15) is 5.26 Å². The summed E-state index contributed by atoms with van der Waals surface area (Å²) in [6.07, 6.45) is 0.226. The molecule has 4 N–H and O–H groups in total. The summed E-state index contributed by atoms with van der Waals surface area (Å²) >= 11 is 6.36. The number of benzene rings is 2. The van der Waals surface area contributed by atoms with Gasteiger partial charge in [0, 0.05) is 36.8 Å². The van der Waals surface area contributed by atoms with Crippen LogP contribution < -0.4 is 20.9 Å². The first-order valence-electron chi connectivity index (χ1n) is 14.9. The zero-order chi connectivity index (χ0) is 34.8. The first-order valence-corrected chi connectivity index (χ1v) is 15.3. The highest BCUT2D eigenvalue weighted by Gasteiger charge is 2.31. The Bertz CT molecular complexity index is 1690. The molecule has 3 rings (SSSR count). The van der Waals surface area contributed by atoms with Gasteiger partial charge in [-0.15, -0.1) is 0 Å². The molecule has 0 radical (unpaired) electrons. The number of aliphatic hydroxyl groups excluding tert-OH is 1. The van der Waals surface area contributed by atoms with Crippen molar-refractivity contribution in [1.29, 1.82) is 5.26 Å². The number of nitrogens with one attached hydrogen (secondary N) is 3. The minimum Gasteiger partial charge on any atom is -0.391 e. The molecule has 1 aromatic heterocycles. The van der Waals surface area contributed by atoms with Crippen LogP contribution in [-0.4, -0.2) is 59.1 Å². The number of likely N-dealkylation sites (N-methyl/N-ethyl adjacent to an activating group) is 1. The summed E-state index contributed by atoms with van der Waals surface area (Å²) in [5.41, 5.74) is 2.58. The van der Waals surface area contributed by atoms with Crippen LogP contribution in [0, 0.1) is 31.1 Å². The van der Waals surface area contributed by atoms with Gasteiger partial charge in [0.05, 0.1) is 6.10 Å². The molecule has 3 atom stereocenters. The van der Waals surface area contributed by atoms with E-state index in [9.17, 15) is 29.5 Å². The third kappa shape index (κ3) is 10.3. The van der Waals surface area contributed by atoms with Gasteiger partial charge in [0.2, 0.25) is 11.8 Å². The number of carbonyl (C=O) groups excluding carboxylic acids is 4. The van der Waals surface area contributed by atoms with Crippen molar-refractivity contribution in [3.05, 3.63) is 93.3 Å². The average molecular weight is 663 g/mol. The van der Waals surface area contributed by atoms with Gasteiger partial charge in [-0.05, 0) is 61.6 Å². The number of hydrogen-bond donors (Lipinski definition) is 4. The Kier molecular flexibility index (Phi) is 12.8. The fourth-order valence-electron chi connectivity index (χ4n) is 4.58. The van der Waals surface area contributed by atoms with E-state index in [0.29, 0.717) is 27.6 Å². The Morgan fingerprint density at radius 2 is 1.79 bits per heavy atom. The lowest BCUT2D eigenvalue weighted by molar-refractivity contribution is -0.131. The lowest BCUT2D eigenvalue weighted by Gasteiger charge is -2.25. The third-order valence-electron chi connectivity index (χ3n) is 7.10. The summed E-state index contributed by atoms with van der Waals surface area (Å²) in [6, 6.07) is 12.9. The molecule has 0 aliphatic heterocycles. The highest BCUT2D eigenvalue weighted by Crippen LogP contribution is 2.20. The maximum absolute atomic E-state index is 13.6. The van der Waals surface area contributed by atoms with E-state index in [1.807, 2.05) is 32.9 Å². The lowest BCUT2D eigenvalue weighted by atomic mass is 10.0. The molecule has 13 heteroatoms. The molecular weight excluding hydrogens is 624 g/mol. The number of aryl methyl sites for hydroxylation is 2. The standard InChI is InChI=1S/C34H39ClN6O6/c1-19(2)12-25(17-36)34(46)41(6)26-9-7-8-23(15-26)16-28(31(43)37-18-24-11-10-20(3)13-27(24)35)38-33(45)30(22(5)42)39-32(44)29-14-21(4)47-40-29/h7-15,19,22,28,30,42H,16,18H2,1-6H3,(H,37,43)(H,38,45)(H,39,44). The summed E-state index contributed by atoms with van der Waals surface area (Å²) < 4.78 is 4.93. The normalized spacial score (nSPS) is 13.2. The highest BCUT2D eigenvalue weighted by molar-refractivity contribution is 6.31. The van der Waals surface area contributed by atoms with Crippen LogP contribution in [0.4, 0.5) is 5.69 Å². The Hall–Kier alpha value is -4.99. The predicted molar refractivity (Wildman–Crippen MR) is 176 cm³/mol. The second kappa shape index (κ2) is 16.5. The SMILES string of the molecule is Cc1ccc(CNC(=O)C(Cc2cccc(N(C)C(=O)C(C#N)=CC(C)C)c2)NC(=O)C(NC(=O)c2cc(C)on2)C(C)O)c(Cl)c1. The molecule has 0 fully saturated rings. The largest absolute Gasteiger partial charge is 0.391 e. The van der Waals surface area contributed by atoms with Crippen LogP contribution in [0.5, 0.6) is 0 Å². The number of halogens is 1. The number of carbonyl (C=O) groups is 4. The van der Waals surface area contributed by atoms with Crippen LogP contribution >= 0.6 is 11.6 Å². The highest BCUT2D eigenvalue weighted by atomic mass is 35.5. The fraction of sp³-hybridized carbons (Fsp3) is 0.353. The molecule has 3 unspecified atom stereocenters. The number of aromatic nitrogens is 1. The van der Waals surface area contributed by atoms with Gasteiger partial charge in [-0.3, -0.25) is 19.2 Å². The van der Waals surface area contributed by atoms with E-state index in [4.69, 9.17) is 16.1 Å². The minimum absolute atomic E-state index is 0.000759. The first-order chi connectivity index (χ1) is 22.2. The van der Waals surface area contributed by atoms with Gasteiger partial charge >= 0.3 is 0 Å². The molecule has 248 valence electrons. The summed E-state index contributed by atoms with van der Waals surface area (Å²) in [7, 11) is 1.54. The molecular formula is C34H39ClN6O6. The van der Waals surface area contributed by atoms with Crippen molar-refractivity contribution in [2.75, 3.05) is 11.9 Å². The van der Waals surface area contributed by atoms with Crippen LogP contribution in [0.15, 0.2) is 64.7 Å². The molecule has 4 amide bonds. The number of anilines is 1. The van der Waals surface area contributed by atoms with Crippen LogP contribution in [-0.2, 0) is 27.3 Å². The topological polar surface area (TPSA) is 178 Å². The van der Waals surface area contributed by atoms with Gasteiger partial charge in [-0.25, -0.2) is 0 Å². The third-order valence-corrected chi connectivity index (χ3v) is 7.45. The van der Waals surface area contributed by atoms with Crippen molar-refractivity contribution in [3.63, 3.8) is 0 Å². The zero-order valence-electron chi connectivity index (χ0n) is 27.1. The molecule has 3 aromatic rings. The van der Waals surface area contributed by atoms with Crippen LogP contribution in [0.3, 0.4) is 0 Å². The van der Waals surface area contributed by atoms with E-state index < -0.39 is 41.8 Å². The average Bonchev–Trinajstić information content (AvgIpc) is 3.46. The number of nitriles is 1. The van der Waals surface area contributed by atoms with Gasteiger partial charge in [-0.1, -0.05) is 60.9 Å². The Labute approximate surface area is 278 Å². The number of hydrogen-bond acceptors (Lipinski definition) is 8. The van der Waals surface area contributed by atoms with Gasteiger partial charge in [0.25, 0.3) is 11.8 Å². The van der Waals surface area contributed by atoms with Crippen molar-refractivity contribution in [1.82, 2.24) is 21.1 Å². The summed E-state index contributed by atoms with van der Waals surface area (Å²) in [5, 5.41) is 31.9. The van der Waals surface area contributed by atoms with Crippen molar-refractivity contribution >= 4 is 40.9 Å². The molecule has 0 saturated heterocycles. The van der Waals surface area contributed by atoms with Crippen molar-refractivity contribution in [3.8, 4) is 6.07 Å². The lowest BCUT2D eigenvalue weighted by Crippen LogP contribution is -2.57. The molecule has 0 bridgehead atoms. The quantitative estimate of drug-likeness (QED) is 0.159. The van der Waals surface area contributed by atoms with Crippen molar-refractivity contribution in [2.24, 2.45) is 5.92 Å². The predicted octanol–water partition coefficient (Wildman–Crippen LogP) is 3.54. The maximum atomic E-state index is 13.6. The van der Waals surface area contributed by atoms with Crippen LogP contribution in [0.2, 0.25) is 5.02 Å². The number of aliphatic hydroxyl groups is 1. The second-order valence-corrected chi connectivity index (χ2v) is 12.0. The summed E-state index contributed by atoms with van der Waals surface area (Å²) in [4.78, 5) is 54.1. The monoisotopic (exact) mass is 662 g/mol. The Balaban J connectivity index is 1.88. The van der Waals surface area contributed by atoms with E-state index in [1.165, 1.54) is 24.9 Å². The zero-order valence-corrected chi connectivity index (χ0v) is 27.9. The number of amides is 4. The number of nitrogens with zero attached hydrogens (tertiary/aromatic N) is 3. The minimum atomic E-state index is -1.44. The summed E-state index contributed by atoms with van der Waals surface area (Å²) in [5.74, 6) is -2.24. The van der Waals surface area contributed by atoms with Crippen LogP contribution in [0.25, 0.3) is 0 Å². The molecule has 47 heavy (non-hydrogen) atoms. The molecule has 12 nitrogen and oxygen atoms in total. The molecule has 0 saturated carbocycles. The first kappa shape index (κ1) is 36.5. The van der Waals surface area contributed by atoms with Crippen molar-refractivity contribution in [2.45, 2.75) is 65.8 Å². The molecule has 0 spiro atoms. The Morgan fingerprint density at radius 1 is 1.06 bits per heavy atom. The van der Waals surface area contributed by atoms with Gasteiger partial charge < -0.3 is 30.5 Å². The molecule has 0 aliphatic carbocycles. The van der Waals surface area contributed by atoms with E-state index in [1.54, 1.807) is 49.4 Å². The van der Waals surface area contributed by atoms with E-state index in [2.05, 4.69) is 21.1 Å². The number of rotatable bonds is 13. The fourth-order valence-corrected chi connectivity index (χ4v) is 4.88.